The molecule has 1 aromatic carbocycles. The van der Waals surface area contributed by atoms with Crippen molar-refractivity contribution < 1.29 is 23.5 Å². The fourth-order valence-corrected chi connectivity index (χ4v) is 2.77. The third-order valence-electron chi connectivity index (χ3n) is 4.10. The Balaban J connectivity index is 2.33. The Morgan fingerprint density at radius 1 is 1.00 bits per heavy atom. The Kier molecular flexibility index (Phi) is 5.21. The summed E-state index contributed by atoms with van der Waals surface area (Å²) < 4.78 is 15.7. The summed E-state index contributed by atoms with van der Waals surface area (Å²) in [6.45, 7) is 5.50. The van der Waals surface area contributed by atoms with Crippen LogP contribution in [0.3, 0.4) is 0 Å². The van der Waals surface area contributed by atoms with Gasteiger partial charge in [0.2, 0.25) is 11.1 Å². The van der Waals surface area contributed by atoms with Gasteiger partial charge in [-0.3, -0.25) is 4.79 Å². The van der Waals surface area contributed by atoms with Gasteiger partial charge in [0.1, 0.15) is 5.58 Å². The fraction of sp³-hybridized carbons (Fsp3) is 0.300. The number of benzene rings is 1. The Morgan fingerprint density at radius 2 is 1.70 bits per heavy atom. The molecule has 0 amide bonds. The minimum absolute atomic E-state index is 0.0344. The quantitative estimate of drug-likeness (QED) is 0.503. The second-order valence-electron chi connectivity index (χ2n) is 5.79. The molecule has 3 rings (SSSR count). The van der Waals surface area contributed by atoms with Gasteiger partial charge in [0.15, 0.2) is 5.69 Å². The maximum atomic E-state index is 12.9. The molecule has 2 aromatic heterocycles. The molecule has 140 valence electrons. The predicted octanol–water partition coefficient (Wildman–Crippen LogP) is 3.26. The van der Waals surface area contributed by atoms with Gasteiger partial charge in [0, 0.05) is 0 Å². The van der Waals surface area contributed by atoms with E-state index >= 15 is 0 Å². The van der Waals surface area contributed by atoms with E-state index in [1.165, 1.54) is 6.07 Å². The molecular formula is C20H19NO6. The zero-order chi connectivity index (χ0) is 19.6. The number of hydrogen-bond acceptors (Lipinski definition) is 7. The largest absolute Gasteiger partial charge is 0.462 e. The van der Waals surface area contributed by atoms with Crippen LogP contribution in [-0.2, 0) is 15.9 Å². The maximum Gasteiger partial charge on any atom is 0.357 e. The van der Waals surface area contributed by atoms with Crippen molar-refractivity contribution in [3.63, 3.8) is 0 Å². The molecule has 0 aliphatic heterocycles. The predicted molar refractivity (Wildman–Crippen MR) is 99.1 cm³/mol. The van der Waals surface area contributed by atoms with Crippen molar-refractivity contribution in [3.8, 4) is 0 Å². The first-order chi connectivity index (χ1) is 13.0. The zero-order valence-electron chi connectivity index (χ0n) is 15.3. The first-order valence-electron chi connectivity index (χ1n) is 8.74. The summed E-state index contributed by atoms with van der Waals surface area (Å²) in [5.41, 5.74) is 0.617. The van der Waals surface area contributed by atoms with E-state index < -0.39 is 11.9 Å². The highest BCUT2D eigenvalue weighted by molar-refractivity contribution is 6.05. The van der Waals surface area contributed by atoms with E-state index in [-0.39, 0.29) is 41.0 Å². The molecule has 27 heavy (non-hydrogen) atoms. The summed E-state index contributed by atoms with van der Waals surface area (Å²) in [5, 5.41) is 0.495. The van der Waals surface area contributed by atoms with Crippen molar-refractivity contribution in [2.45, 2.75) is 27.2 Å². The van der Waals surface area contributed by atoms with Crippen molar-refractivity contribution in [1.29, 1.82) is 0 Å². The van der Waals surface area contributed by atoms with Crippen LogP contribution in [-0.4, -0.2) is 30.1 Å². The highest BCUT2D eigenvalue weighted by Crippen LogP contribution is 2.22. The van der Waals surface area contributed by atoms with Crippen molar-refractivity contribution >= 4 is 34.0 Å². The van der Waals surface area contributed by atoms with Crippen LogP contribution in [0, 0.1) is 0 Å². The molecule has 0 atom stereocenters. The van der Waals surface area contributed by atoms with E-state index in [2.05, 4.69) is 4.98 Å². The first kappa shape index (κ1) is 18.6. The molecule has 0 fully saturated rings. The van der Waals surface area contributed by atoms with Crippen LogP contribution in [0.25, 0.3) is 22.1 Å². The molecule has 0 radical (unpaired) electrons. The minimum Gasteiger partial charge on any atom is -0.462 e. The molecule has 0 unspecified atom stereocenters. The van der Waals surface area contributed by atoms with Gasteiger partial charge in [0.05, 0.1) is 29.5 Å². The number of rotatable bonds is 5. The summed E-state index contributed by atoms with van der Waals surface area (Å²) in [6, 6.07) is 6.59. The summed E-state index contributed by atoms with van der Waals surface area (Å²) in [6.07, 6.45) is 0.765. The van der Waals surface area contributed by atoms with Crippen molar-refractivity contribution in [2.75, 3.05) is 13.2 Å². The van der Waals surface area contributed by atoms with E-state index in [9.17, 15) is 14.4 Å². The molecule has 3 aromatic rings. The van der Waals surface area contributed by atoms with E-state index in [0.29, 0.717) is 11.0 Å². The van der Waals surface area contributed by atoms with E-state index in [4.69, 9.17) is 13.9 Å². The monoisotopic (exact) mass is 369 g/mol. The summed E-state index contributed by atoms with van der Waals surface area (Å²) in [4.78, 5) is 41.6. The molecule has 0 aliphatic carbocycles. The first-order valence-corrected chi connectivity index (χ1v) is 8.74. The Bertz CT molecular complexity index is 1100. The van der Waals surface area contributed by atoms with Gasteiger partial charge >= 0.3 is 11.9 Å². The fourth-order valence-electron chi connectivity index (χ4n) is 2.77. The lowest BCUT2D eigenvalue weighted by Gasteiger charge is -2.09. The van der Waals surface area contributed by atoms with Crippen LogP contribution in [0.1, 0.15) is 47.2 Å². The van der Waals surface area contributed by atoms with E-state index in [1.807, 2.05) is 13.0 Å². The second kappa shape index (κ2) is 7.57. The Hall–Kier alpha value is -3.22. The zero-order valence-corrected chi connectivity index (χ0v) is 15.3. The number of aromatic nitrogens is 1. The van der Waals surface area contributed by atoms with Crippen LogP contribution < -0.4 is 5.43 Å². The third kappa shape index (κ3) is 3.40. The van der Waals surface area contributed by atoms with Crippen LogP contribution in [0.15, 0.2) is 33.5 Å². The topological polar surface area (TPSA) is 95.7 Å². The Labute approximate surface area is 154 Å². The van der Waals surface area contributed by atoms with Gasteiger partial charge in [-0.05, 0) is 44.0 Å². The van der Waals surface area contributed by atoms with Gasteiger partial charge in [-0.1, -0.05) is 13.0 Å². The number of carbonyl (C=O) groups excluding carboxylic acids is 2. The number of aryl methyl sites for hydroxylation is 1. The summed E-state index contributed by atoms with van der Waals surface area (Å²) in [5.74, 6) is -1.54. The molecule has 0 bridgehead atoms. The molecule has 7 heteroatoms. The molecule has 0 spiro atoms. The van der Waals surface area contributed by atoms with Crippen molar-refractivity contribution in [3.05, 3.63) is 51.3 Å². The number of hydrogen-bond donors (Lipinski definition) is 0. The number of ether oxygens (including phenoxy) is 2. The van der Waals surface area contributed by atoms with Crippen LogP contribution in [0.4, 0.5) is 0 Å². The minimum atomic E-state index is -0.786. The van der Waals surface area contributed by atoms with E-state index in [1.54, 1.807) is 26.0 Å². The van der Waals surface area contributed by atoms with Crippen molar-refractivity contribution in [1.82, 2.24) is 4.98 Å². The average molecular weight is 369 g/mol. The average Bonchev–Trinajstić information content (AvgIpc) is 2.67. The van der Waals surface area contributed by atoms with Crippen LogP contribution in [0.5, 0.6) is 0 Å². The van der Waals surface area contributed by atoms with Crippen molar-refractivity contribution in [2.24, 2.45) is 0 Å². The van der Waals surface area contributed by atoms with Gasteiger partial charge in [-0.2, -0.15) is 0 Å². The van der Waals surface area contributed by atoms with Gasteiger partial charge in [0.25, 0.3) is 0 Å². The summed E-state index contributed by atoms with van der Waals surface area (Å²) >= 11 is 0. The number of carbonyl (C=O) groups is 2. The molecule has 0 saturated heterocycles. The van der Waals surface area contributed by atoms with Gasteiger partial charge in [-0.15, -0.1) is 0 Å². The lowest BCUT2D eigenvalue weighted by Crippen LogP contribution is -2.17. The van der Waals surface area contributed by atoms with Crippen LogP contribution in [0.2, 0.25) is 0 Å². The third-order valence-corrected chi connectivity index (χ3v) is 4.10. The highest BCUT2D eigenvalue weighted by Gasteiger charge is 2.24. The number of esters is 2. The maximum absolute atomic E-state index is 12.9. The van der Waals surface area contributed by atoms with Gasteiger partial charge in [-0.25, -0.2) is 14.6 Å². The lowest BCUT2D eigenvalue weighted by molar-refractivity contribution is 0.0473. The van der Waals surface area contributed by atoms with Gasteiger partial charge < -0.3 is 13.9 Å². The molecule has 0 N–H and O–H groups in total. The SMILES string of the molecule is CCOC(=O)c1cc2c(=O)c3cc(CC)ccc3oc2nc1C(=O)OCC. The normalized spacial score (nSPS) is 10.9. The Morgan fingerprint density at radius 3 is 2.37 bits per heavy atom. The number of nitrogens with zero attached hydrogens (tertiary/aromatic N) is 1. The standard InChI is InChI=1S/C20H19NO6/c1-4-11-7-8-15-12(9-11)17(22)14-10-13(19(23)25-5-2)16(20(24)26-6-3)21-18(14)27-15/h7-10H,4-6H2,1-3H3. The van der Waals surface area contributed by atoms with Crippen LogP contribution >= 0.6 is 0 Å². The van der Waals surface area contributed by atoms with E-state index in [0.717, 1.165) is 12.0 Å². The highest BCUT2D eigenvalue weighted by atomic mass is 16.5. The number of fused-ring (bicyclic) bond motifs is 2. The second-order valence-corrected chi connectivity index (χ2v) is 5.79. The molecule has 0 aliphatic rings. The number of pyridine rings is 1. The smallest absolute Gasteiger partial charge is 0.357 e. The lowest BCUT2D eigenvalue weighted by atomic mass is 10.1. The molecule has 0 saturated carbocycles. The molecule has 7 nitrogen and oxygen atoms in total. The molecule has 2 heterocycles. The molecular weight excluding hydrogens is 350 g/mol. The summed E-state index contributed by atoms with van der Waals surface area (Å²) in [7, 11) is 0.